The van der Waals surface area contributed by atoms with E-state index in [0.717, 1.165) is 0 Å². The first kappa shape index (κ1) is 15.8. The van der Waals surface area contributed by atoms with Crippen LogP contribution in [0.4, 0.5) is 4.79 Å². The fourth-order valence-electron chi connectivity index (χ4n) is 1.72. The highest BCUT2D eigenvalue weighted by Crippen LogP contribution is 2.29. The van der Waals surface area contributed by atoms with Crippen molar-refractivity contribution in [1.82, 2.24) is 4.57 Å². The normalized spacial score (nSPS) is 11.3. The van der Waals surface area contributed by atoms with Crippen molar-refractivity contribution in [2.75, 3.05) is 7.11 Å². The number of nitrogens with zero attached hydrogens (tertiary/aromatic N) is 1. The van der Waals surface area contributed by atoms with Crippen molar-refractivity contribution in [3.8, 4) is 0 Å². The van der Waals surface area contributed by atoms with Gasteiger partial charge in [-0.1, -0.05) is 0 Å². The van der Waals surface area contributed by atoms with Gasteiger partial charge in [0.05, 0.1) is 17.1 Å². The Morgan fingerprint density at radius 1 is 1.16 bits per heavy atom. The number of aromatic nitrogens is 1. The van der Waals surface area contributed by atoms with Crippen molar-refractivity contribution in [3.05, 3.63) is 21.4 Å². The van der Waals surface area contributed by atoms with Crippen LogP contribution in [0.2, 0.25) is 0 Å². The molecule has 0 N–H and O–H groups in total. The third-order valence-corrected chi connectivity index (χ3v) is 3.51. The second kappa shape index (κ2) is 5.36. The van der Waals surface area contributed by atoms with Crippen molar-refractivity contribution in [1.29, 1.82) is 0 Å². The van der Waals surface area contributed by atoms with Crippen LogP contribution in [0.15, 0.2) is 4.47 Å². The van der Waals surface area contributed by atoms with E-state index in [0.29, 0.717) is 21.4 Å². The second-order valence-electron chi connectivity index (χ2n) is 5.17. The van der Waals surface area contributed by atoms with E-state index in [-0.39, 0.29) is 0 Å². The molecule has 1 heterocycles. The summed E-state index contributed by atoms with van der Waals surface area (Å²) in [5.41, 5.74) is 0.835. The lowest BCUT2D eigenvalue weighted by Gasteiger charge is -2.20. The van der Waals surface area contributed by atoms with Gasteiger partial charge in [0.15, 0.2) is 0 Å². The quantitative estimate of drug-likeness (QED) is 0.739. The van der Waals surface area contributed by atoms with Gasteiger partial charge in [-0.3, -0.25) is 4.57 Å². The maximum atomic E-state index is 12.1. The van der Waals surface area contributed by atoms with Gasteiger partial charge in [0.25, 0.3) is 0 Å². The molecule has 0 bridgehead atoms. The van der Waals surface area contributed by atoms with Gasteiger partial charge < -0.3 is 9.47 Å². The molecule has 0 spiro atoms. The van der Waals surface area contributed by atoms with Crippen LogP contribution in [0.1, 0.15) is 42.5 Å². The topological polar surface area (TPSA) is 57.5 Å². The second-order valence-corrected chi connectivity index (χ2v) is 5.96. The van der Waals surface area contributed by atoms with Gasteiger partial charge in [-0.15, -0.1) is 0 Å². The number of hydrogen-bond acceptors (Lipinski definition) is 4. The van der Waals surface area contributed by atoms with Gasteiger partial charge in [-0.2, -0.15) is 0 Å². The Bertz CT molecular complexity index is 526. The molecule has 6 heteroatoms. The molecule has 0 saturated carbocycles. The molecule has 1 aromatic rings. The highest BCUT2D eigenvalue weighted by Gasteiger charge is 2.27. The average molecular weight is 332 g/mol. The number of carbonyl (C=O) groups is 2. The summed E-state index contributed by atoms with van der Waals surface area (Å²) in [6.45, 7) is 8.77. The Balaban J connectivity index is 3.31. The predicted molar refractivity (Wildman–Crippen MR) is 74.6 cm³/mol. The van der Waals surface area contributed by atoms with Crippen LogP contribution in [0.3, 0.4) is 0 Å². The third kappa shape index (κ3) is 3.18. The van der Waals surface area contributed by atoms with Crippen molar-refractivity contribution in [2.24, 2.45) is 0 Å². The number of ether oxygens (including phenoxy) is 2. The first-order valence-electron chi connectivity index (χ1n) is 5.79. The summed E-state index contributed by atoms with van der Waals surface area (Å²) in [5.74, 6) is -0.491. The Labute approximate surface area is 121 Å². The third-order valence-electron chi connectivity index (χ3n) is 2.54. The van der Waals surface area contributed by atoms with Crippen LogP contribution in [0.5, 0.6) is 0 Å². The van der Waals surface area contributed by atoms with E-state index in [1.54, 1.807) is 34.6 Å². The van der Waals surface area contributed by atoms with E-state index in [4.69, 9.17) is 9.47 Å². The smallest absolute Gasteiger partial charge is 0.418 e. The summed E-state index contributed by atoms with van der Waals surface area (Å²) < 4.78 is 11.9. The maximum Gasteiger partial charge on any atom is 0.418 e. The molecule has 0 atom stereocenters. The number of halogens is 1. The van der Waals surface area contributed by atoms with Gasteiger partial charge in [-0.25, -0.2) is 9.59 Å². The Morgan fingerprint density at radius 3 is 2.11 bits per heavy atom. The molecule has 0 unspecified atom stereocenters. The van der Waals surface area contributed by atoms with Gasteiger partial charge in [0.1, 0.15) is 5.60 Å². The fraction of sp³-hybridized carbons (Fsp3) is 0.538. The van der Waals surface area contributed by atoms with Crippen molar-refractivity contribution >= 4 is 28.0 Å². The number of carbonyl (C=O) groups excluding carboxylic acids is 2. The van der Waals surface area contributed by atoms with Gasteiger partial charge in [0.2, 0.25) is 0 Å². The van der Waals surface area contributed by atoms with Crippen LogP contribution < -0.4 is 0 Å². The monoisotopic (exact) mass is 331 g/mol. The van der Waals surface area contributed by atoms with Crippen LogP contribution in [-0.4, -0.2) is 29.3 Å². The minimum Gasteiger partial charge on any atom is -0.465 e. The Morgan fingerprint density at radius 2 is 1.68 bits per heavy atom. The minimum atomic E-state index is -0.599. The average Bonchev–Trinajstić information content (AvgIpc) is 2.47. The molecule has 5 nitrogen and oxygen atoms in total. The Hall–Kier alpha value is -1.30. The summed E-state index contributed by atoms with van der Waals surface area (Å²) in [6, 6.07) is 0. The van der Waals surface area contributed by atoms with Crippen LogP contribution in [0, 0.1) is 13.8 Å². The van der Waals surface area contributed by atoms with Crippen LogP contribution in [0.25, 0.3) is 0 Å². The van der Waals surface area contributed by atoms with Crippen molar-refractivity contribution in [3.63, 3.8) is 0 Å². The predicted octanol–water partition coefficient (Wildman–Crippen LogP) is 3.44. The van der Waals surface area contributed by atoms with E-state index in [9.17, 15) is 9.59 Å². The molecule has 0 aliphatic heterocycles. The molecule has 1 aromatic heterocycles. The lowest BCUT2D eigenvalue weighted by molar-refractivity contribution is 0.0531. The number of hydrogen-bond donors (Lipinski definition) is 0. The van der Waals surface area contributed by atoms with Gasteiger partial charge >= 0.3 is 12.1 Å². The molecule has 19 heavy (non-hydrogen) atoms. The zero-order chi connectivity index (χ0) is 15.0. The van der Waals surface area contributed by atoms with E-state index in [1.807, 2.05) is 0 Å². The van der Waals surface area contributed by atoms with Crippen LogP contribution >= 0.6 is 15.9 Å². The standard InChI is InChI=1S/C13H18BrNO4/c1-7-9(11(16)18-6)10(14)8(2)15(7)12(17)19-13(3,4)5/h1-6H3. The van der Waals surface area contributed by atoms with Crippen molar-refractivity contribution < 1.29 is 19.1 Å². The fourth-order valence-corrected chi connectivity index (χ4v) is 2.35. The summed E-state index contributed by atoms with van der Waals surface area (Å²) in [4.78, 5) is 23.9. The summed E-state index contributed by atoms with van der Waals surface area (Å²) >= 11 is 3.31. The molecular weight excluding hydrogens is 314 g/mol. The van der Waals surface area contributed by atoms with Gasteiger partial charge in [0, 0.05) is 11.4 Å². The summed E-state index contributed by atoms with van der Waals surface area (Å²) in [6.07, 6.45) is -0.515. The molecule has 106 valence electrons. The van der Waals surface area contributed by atoms with E-state index < -0.39 is 17.7 Å². The summed E-state index contributed by atoms with van der Waals surface area (Å²) in [5, 5.41) is 0. The Kier molecular flexibility index (Phi) is 4.45. The lowest BCUT2D eigenvalue weighted by Crippen LogP contribution is -2.28. The minimum absolute atomic E-state index is 0.339. The first-order valence-corrected chi connectivity index (χ1v) is 6.58. The van der Waals surface area contributed by atoms with E-state index in [2.05, 4.69) is 15.9 Å². The van der Waals surface area contributed by atoms with Gasteiger partial charge in [-0.05, 0) is 50.5 Å². The van der Waals surface area contributed by atoms with Crippen LogP contribution in [-0.2, 0) is 9.47 Å². The molecule has 1 rings (SSSR count). The van der Waals surface area contributed by atoms with E-state index in [1.165, 1.54) is 11.7 Å². The van der Waals surface area contributed by atoms with E-state index >= 15 is 0 Å². The highest BCUT2D eigenvalue weighted by molar-refractivity contribution is 9.10. The van der Waals surface area contributed by atoms with Crippen molar-refractivity contribution in [2.45, 2.75) is 40.2 Å². The summed E-state index contributed by atoms with van der Waals surface area (Å²) in [7, 11) is 1.30. The lowest BCUT2D eigenvalue weighted by atomic mass is 10.2. The number of methoxy groups -OCH3 is 1. The SMILES string of the molecule is COC(=O)c1c(Br)c(C)n(C(=O)OC(C)(C)C)c1C. The molecule has 0 amide bonds. The molecule has 0 aromatic carbocycles. The molecule has 0 fully saturated rings. The number of esters is 1. The molecule has 0 aliphatic rings. The first-order chi connectivity index (χ1) is 8.60. The molecule has 0 radical (unpaired) electrons. The molecule has 0 saturated heterocycles. The molecular formula is C13H18BrNO4. The number of rotatable bonds is 1. The maximum absolute atomic E-state index is 12.1. The molecule has 0 aliphatic carbocycles. The largest absolute Gasteiger partial charge is 0.465 e. The zero-order valence-corrected chi connectivity index (χ0v) is 13.5. The zero-order valence-electron chi connectivity index (χ0n) is 12.0. The highest BCUT2D eigenvalue weighted by atomic mass is 79.9.